The van der Waals surface area contributed by atoms with E-state index in [1.165, 1.54) is 100 Å². The Bertz CT molecular complexity index is 509. The maximum Gasteiger partial charge on any atom is 0.0442 e. The lowest BCUT2D eigenvalue weighted by Crippen LogP contribution is -2.27. The Morgan fingerprint density at radius 1 is 0.808 bits per heavy atom. The molecule has 1 aromatic rings. The van der Waals surface area contributed by atoms with Gasteiger partial charge in [-0.15, -0.1) is 17.0 Å². The van der Waals surface area contributed by atoms with Crippen LogP contribution >= 0.6 is 17.0 Å². The van der Waals surface area contributed by atoms with Crippen LogP contribution in [0.4, 0.5) is 5.69 Å². The summed E-state index contributed by atoms with van der Waals surface area (Å²) in [6, 6.07) is 6.85. The molecule has 0 fully saturated rings. The minimum atomic E-state index is 0. The van der Waals surface area contributed by atoms with Crippen LogP contribution in [-0.2, 0) is 0 Å². The number of rotatable bonds is 13. The first-order chi connectivity index (χ1) is 12.3. The normalized spacial score (nSPS) is 12.8. The molecule has 0 unspecified atom stereocenters. The molecule has 0 amide bonds. The molecule has 0 atom stereocenters. The van der Waals surface area contributed by atoms with Crippen molar-refractivity contribution in [2.45, 2.75) is 90.9 Å². The lowest BCUT2D eigenvalue weighted by molar-refractivity contribution is 0.543. The average molecular weight is 422 g/mol. The largest absolute Gasteiger partial charge is 0.367 e. The third-order valence-electron chi connectivity index (χ3n) is 5.43. The molecule has 0 N–H and O–H groups in total. The van der Waals surface area contributed by atoms with Crippen molar-refractivity contribution in [3.8, 4) is 0 Å². The lowest BCUT2D eigenvalue weighted by Gasteiger charge is -2.28. The van der Waals surface area contributed by atoms with Gasteiger partial charge in [0.1, 0.15) is 0 Å². The van der Waals surface area contributed by atoms with Crippen LogP contribution in [0.2, 0.25) is 0 Å². The maximum absolute atomic E-state index is 2.55. The van der Waals surface area contributed by atoms with Gasteiger partial charge in [-0.2, -0.15) is 0 Å². The van der Waals surface area contributed by atoms with Crippen molar-refractivity contribution >= 4 is 28.7 Å². The van der Waals surface area contributed by atoms with Crippen LogP contribution in [0.3, 0.4) is 0 Å². The summed E-state index contributed by atoms with van der Waals surface area (Å²) in [5.41, 5.74) is 4.18. The van der Waals surface area contributed by atoms with Crippen LogP contribution in [0.25, 0.3) is 6.08 Å². The van der Waals surface area contributed by atoms with Crippen LogP contribution < -0.4 is 4.90 Å². The molecule has 0 spiro atoms. The molecule has 1 nitrogen and oxygen atoms in total. The van der Waals surface area contributed by atoms with Gasteiger partial charge in [0.25, 0.3) is 0 Å². The molecule has 0 saturated heterocycles. The van der Waals surface area contributed by atoms with Crippen molar-refractivity contribution in [1.82, 2.24) is 0 Å². The summed E-state index contributed by atoms with van der Waals surface area (Å²) in [6.07, 6.45) is 21.7. The van der Waals surface area contributed by atoms with Gasteiger partial charge in [0.15, 0.2) is 0 Å². The predicted molar refractivity (Wildman–Crippen MR) is 124 cm³/mol. The van der Waals surface area contributed by atoms with E-state index >= 15 is 0 Å². The monoisotopic (exact) mass is 421 g/mol. The number of aryl methyl sites for hydroxylation is 1. The van der Waals surface area contributed by atoms with Crippen molar-refractivity contribution in [2.24, 2.45) is 0 Å². The Kier molecular flexibility index (Phi) is 12.8. The van der Waals surface area contributed by atoms with Crippen LogP contribution in [-0.4, -0.2) is 13.1 Å². The van der Waals surface area contributed by atoms with Crippen LogP contribution in [0.1, 0.15) is 95.1 Å². The summed E-state index contributed by atoms with van der Waals surface area (Å²) >= 11 is 0. The van der Waals surface area contributed by atoms with Crippen LogP contribution in [0.15, 0.2) is 24.3 Å². The van der Waals surface area contributed by atoms with E-state index in [1.54, 1.807) is 0 Å². The first-order valence-electron chi connectivity index (χ1n) is 10.8. The molecule has 2 rings (SSSR count). The van der Waals surface area contributed by atoms with E-state index in [2.05, 4.69) is 49.1 Å². The SMILES string of the molecule is Br.CCCCCCCCCCCCCCN1CC=Cc2cc(C)ccc21. The number of unbranched alkanes of at least 4 members (excludes halogenated alkanes) is 11. The molecule has 1 aromatic carbocycles. The Hall–Kier alpha value is -0.760. The summed E-state index contributed by atoms with van der Waals surface area (Å²) < 4.78 is 0. The van der Waals surface area contributed by atoms with Gasteiger partial charge in [-0.05, 0) is 31.0 Å². The number of hydrogen-bond acceptors (Lipinski definition) is 1. The zero-order valence-electron chi connectivity index (χ0n) is 17.1. The molecule has 0 radical (unpaired) electrons. The number of anilines is 1. The fourth-order valence-electron chi connectivity index (χ4n) is 3.86. The maximum atomic E-state index is 2.55. The molecule has 0 saturated carbocycles. The zero-order valence-corrected chi connectivity index (χ0v) is 18.9. The van der Waals surface area contributed by atoms with Crippen molar-refractivity contribution < 1.29 is 0 Å². The van der Waals surface area contributed by atoms with Gasteiger partial charge < -0.3 is 4.90 Å². The number of hydrogen-bond donors (Lipinski definition) is 0. The van der Waals surface area contributed by atoms with Gasteiger partial charge in [-0.25, -0.2) is 0 Å². The van der Waals surface area contributed by atoms with Gasteiger partial charge >= 0.3 is 0 Å². The Morgan fingerprint density at radius 2 is 1.38 bits per heavy atom. The quantitative estimate of drug-likeness (QED) is 0.290. The van der Waals surface area contributed by atoms with Gasteiger partial charge in [0, 0.05) is 18.8 Å². The summed E-state index contributed by atoms with van der Waals surface area (Å²) in [4.78, 5) is 2.55. The Morgan fingerprint density at radius 3 is 2.00 bits per heavy atom. The highest BCUT2D eigenvalue weighted by Crippen LogP contribution is 2.27. The third-order valence-corrected chi connectivity index (χ3v) is 5.43. The fraction of sp³-hybridized carbons (Fsp3) is 0.667. The summed E-state index contributed by atoms with van der Waals surface area (Å²) in [7, 11) is 0. The second kappa shape index (κ2) is 14.3. The van der Waals surface area contributed by atoms with Gasteiger partial charge in [0.05, 0.1) is 0 Å². The van der Waals surface area contributed by atoms with E-state index in [4.69, 9.17) is 0 Å². The van der Waals surface area contributed by atoms with E-state index < -0.39 is 0 Å². The molecule has 1 aliphatic rings. The molecule has 2 heteroatoms. The number of nitrogens with zero attached hydrogens (tertiary/aromatic N) is 1. The van der Waals surface area contributed by atoms with E-state index in [9.17, 15) is 0 Å². The van der Waals surface area contributed by atoms with E-state index in [0.717, 1.165) is 6.54 Å². The highest BCUT2D eigenvalue weighted by Gasteiger charge is 2.12. The molecule has 0 bridgehead atoms. The number of benzene rings is 1. The standard InChI is InChI=1S/C24H39N.BrH/c1-3-4-5-6-7-8-9-10-11-12-13-14-19-25-20-15-16-23-21-22(2)17-18-24(23)25;/h15-18,21H,3-14,19-20H2,1-2H3;1H. The molecular formula is C24H40BrN. The second-order valence-corrected chi connectivity index (χ2v) is 7.80. The topological polar surface area (TPSA) is 3.24 Å². The first-order valence-corrected chi connectivity index (χ1v) is 10.8. The average Bonchev–Trinajstić information content (AvgIpc) is 2.62. The zero-order chi connectivity index (χ0) is 17.7. The number of halogens is 1. The van der Waals surface area contributed by atoms with Crippen molar-refractivity contribution in [1.29, 1.82) is 0 Å². The first kappa shape index (κ1) is 23.3. The summed E-state index contributed by atoms with van der Waals surface area (Å²) in [6.45, 7) is 6.76. The van der Waals surface area contributed by atoms with E-state index in [0.29, 0.717) is 0 Å². The lowest BCUT2D eigenvalue weighted by atomic mass is 10.0. The molecule has 0 aliphatic carbocycles. The minimum Gasteiger partial charge on any atom is -0.367 e. The second-order valence-electron chi connectivity index (χ2n) is 7.80. The molecular weight excluding hydrogens is 382 g/mol. The van der Waals surface area contributed by atoms with E-state index in [-0.39, 0.29) is 17.0 Å². The third kappa shape index (κ3) is 8.75. The van der Waals surface area contributed by atoms with Crippen molar-refractivity contribution in [2.75, 3.05) is 18.0 Å². The Balaban J connectivity index is 0.00000338. The van der Waals surface area contributed by atoms with Crippen LogP contribution in [0, 0.1) is 6.92 Å². The summed E-state index contributed by atoms with van der Waals surface area (Å²) in [5.74, 6) is 0. The molecule has 26 heavy (non-hydrogen) atoms. The van der Waals surface area contributed by atoms with Gasteiger partial charge in [-0.1, -0.05) is 101 Å². The molecule has 1 heterocycles. The van der Waals surface area contributed by atoms with E-state index in [1.807, 2.05) is 0 Å². The van der Waals surface area contributed by atoms with Gasteiger partial charge in [-0.3, -0.25) is 0 Å². The predicted octanol–water partition coefficient (Wildman–Crippen LogP) is 8.11. The number of fused-ring (bicyclic) bond motifs is 1. The van der Waals surface area contributed by atoms with Crippen LogP contribution in [0.5, 0.6) is 0 Å². The summed E-state index contributed by atoms with van der Waals surface area (Å²) in [5, 5.41) is 0. The highest BCUT2D eigenvalue weighted by atomic mass is 79.9. The van der Waals surface area contributed by atoms with Crippen molar-refractivity contribution in [3.05, 3.63) is 35.4 Å². The Labute approximate surface area is 173 Å². The molecule has 0 aromatic heterocycles. The molecule has 1 aliphatic heterocycles. The van der Waals surface area contributed by atoms with Gasteiger partial charge in [0.2, 0.25) is 0 Å². The highest BCUT2D eigenvalue weighted by molar-refractivity contribution is 8.93. The minimum absolute atomic E-state index is 0. The fourth-order valence-corrected chi connectivity index (χ4v) is 3.86. The molecule has 148 valence electrons. The van der Waals surface area contributed by atoms with Crippen molar-refractivity contribution in [3.63, 3.8) is 0 Å². The smallest absolute Gasteiger partial charge is 0.0442 e.